The van der Waals surface area contributed by atoms with E-state index in [0.29, 0.717) is 5.57 Å². The fourth-order valence-electron chi connectivity index (χ4n) is 2.29. The molecule has 1 N–H and O–H groups in total. The lowest BCUT2D eigenvalue weighted by molar-refractivity contribution is -0.113. The number of phenolic OH excluding ortho intramolecular Hbond substituents is 1. The Morgan fingerprint density at radius 1 is 1.17 bits per heavy atom. The lowest BCUT2D eigenvalue weighted by Gasteiger charge is -2.13. The van der Waals surface area contributed by atoms with Crippen LogP contribution in [0.1, 0.15) is 12.5 Å². The molecule has 0 aliphatic carbocycles. The highest BCUT2D eigenvalue weighted by molar-refractivity contribution is 8.19. The van der Waals surface area contributed by atoms with Crippen molar-refractivity contribution in [3.8, 4) is 5.75 Å². The number of rotatable bonds is 2. The molecule has 24 heavy (non-hydrogen) atoms. The number of carbonyl (C=O) groups excluding carboxylic acids is 2. The first-order valence-electron chi connectivity index (χ1n) is 6.90. The number of nitrogens with zero attached hydrogens (tertiary/aromatic N) is 1. The molecule has 2 amide bonds. The number of thioether (sulfide) groups is 1. The lowest BCUT2D eigenvalue weighted by Crippen LogP contribution is -2.27. The standard InChI is InChI=1S/C17H11ClFNO3S/c1-9(10-2-5-12(21)6-3-10)15-16(22)20(17(23)24-15)11-4-7-14(19)13(18)8-11/h2-8,21H,1H3/b15-9-. The molecule has 0 aromatic heterocycles. The quantitative estimate of drug-likeness (QED) is 0.777. The molecule has 0 atom stereocenters. The zero-order chi connectivity index (χ0) is 17.4. The molecule has 0 spiro atoms. The molecule has 4 nitrogen and oxygen atoms in total. The molecule has 0 bridgehead atoms. The molecule has 2 aromatic rings. The van der Waals surface area contributed by atoms with E-state index in [1.54, 1.807) is 19.1 Å². The van der Waals surface area contributed by atoms with Gasteiger partial charge in [-0.2, -0.15) is 0 Å². The smallest absolute Gasteiger partial charge is 0.298 e. The van der Waals surface area contributed by atoms with Crippen molar-refractivity contribution in [3.63, 3.8) is 0 Å². The Morgan fingerprint density at radius 3 is 2.46 bits per heavy atom. The molecular formula is C17H11ClFNO3S. The maximum Gasteiger partial charge on any atom is 0.298 e. The summed E-state index contributed by atoms with van der Waals surface area (Å²) in [5.41, 5.74) is 1.56. The molecule has 1 aliphatic rings. The van der Waals surface area contributed by atoms with Gasteiger partial charge < -0.3 is 5.11 Å². The summed E-state index contributed by atoms with van der Waals surface area (Å²) in [6.45, 7) is 1.72. The van der Waals surface area contributed by atoms with Crippen LogP contribution >= 0.6 is 23.4 Å². The summed E-state index contributed by atoms with van der Waals surface area (Å²) in [5, 5.41) is 8.71. The lowest BCUT2D eigenvalue weighted by atomic mass is 10.1. The van der Waals surface area contributed by atoms with E-state index in [0.717, 1.165) is 28.3 Å². The zero-order valence-electron chi connectivity index (χ0n) is 12.4. The Hall–Kier alpha value is -2.31. The minimum Gasteiger partial charge on any atom is -0.508 e. The van der Waals surface area contributed by atoms with Crippen molar-refractivity contribution in [2.75, 3.05) is 4.90 Å². The van der Waals surface area contributed by atoms with Crippen LogP contribution in [0.4, 0.5) is 14.9 Å². The van der Waals surface area contributed by atoms with Gasteiger partial charge in [-0.25, -0.2) is 9.29 Å². The SMILES string of the molecule is C/C(=C1/SC(=O)N(c2ccc(F)c(Cl)c2)C1=O)c1ccc(O)cc1. The van der Waals surface area contributed by atoms with Crippen LogP contribution in [0.25, 0.3) is 5.57 Å². The molecule has 0 unspecified atom stereocenters. The number of imide groups is 1. The Labute approximate surface area is 146 Å². The predicted octanol–water partition coefficient (Wildman–Crippen LogP) is 4.82. The van der Waals surface area contributed by atoms with E-state index in [9.17, 15) is 19.1 Å². The second-order valence-corrected chi connectivity index (χ2v) is 6.48. The summed E-state index contributed by atoms with van der Waals surface area (Å²) in [6.07, 6.45) is 0. The Kier molecular flexibility index (Phi) is 4.34. The van der Waals surface area contributed by atoms with Gasteiger partial charge in [-0.1, -0.05) is 23.7 Å². The van der Waals surface area contributed by atoms with E-state index in [1.165, 1.54) is 24.3 Å². The van der Waals surface area contributed by atoms with E-state index < -0.39 is 17.0 Å². The highest BCUT2D eigenvalue weighted by Gasteiger charge is 2.38. The van der Waals surface area contributed by atoms with Gasteiger partial charge in [0.05, 0.1) is 15.6 Å². The molecule has 1 saturated heterocycles. The Bertz CT molecular complexity index is 880. The zero-order valence-corrected chi connectivity index (χ0v) is 14.0. The van der Waals surface area contributed by atoms with Gasteiger partial charge in [-0.05, 0) is 60.2 Å². The number of phenols is 1. The average Bonchev–Trinajstić information content (AvgIpc) is 2.85. The highest BCUT2D eigenvalue weighted by Crippen LogP contribution is 2.39. The summed E-state index contributed by atoms with van der Waals surface area (Å²) >= 11 is 6.54. The number of aromatic hydroxyl groups is 1. The molecule has 7 heteroatoms. The van der Waals surface area contributed by atoms with Crippen LogP contribution < -0.4 is 4.90 Å². The molecular weight excluding hydrogens is 353 g/mol. The van der Waals surface area contributed by atoms with Crippen molar-refractivity contribution >= 4 is 45.8 Å². The van der Waals surface area contributed by atoms with Crippen LogP contribution in [0.2, 0.25) is 5.02 Å². The number of hydrogen-bond donors (Lipinski definition) is 1. The molecule has 3 rings (SSSR count). The van der Waals surface area contributed by atoms with Crippen LogP contribution in [0.3, 0.4) is 0 Å². The molecule has 122 valence electrons. The maximum atomic E-state index is 13.3. The normalized spacial score (nSPS) is 16.7. The number of benzene rings is 2. The molecule has 1 heterocycles. The summed E-state index contributed by atoms with van der Waals surface area (Å²) in [6, 6.07) is 10.0. The van der Waals surface area contributed by atoms with E-state index in [1.807, 2.05) is 0 Å². The van der Waals surface area contributed by atoms with Crippen molar-refractivity contribution in [2.24, 2.45) is 0 Å². The topological polar surface area (TPSA) is 57.6 Å². The second-order valence-electron chi connectivity index (χ2n) is 5.11. The van der Waals surface area contributed by atoms with Gasteiger partial charge in [-0.3, -0.25) is 9.59 Å². The third-order valence-corrected chi connectivity index (χ3v) is 4.90. The Balaban J connectivity index is 2.00. The van der Waals surface area contributed by atoms with Crippen molar-refractivity contribution in [1.29, 1.82) is 0 Å². The predicted molar refractivity (Wildman–Crippen MR) is 92.6 cm³/mol. The van der Waals surface area contributed by atoms with Gasteiger partial charge in [0.25, 0.3) is 11.1 Å². The monoisotopic (exact) mass is 363 g/mol. The fraction of sp³-hybridized carbons (Fsp3) is 0.0588. The number of carbonyl (C=O) groups is 2. The summed E-state index contributed by atoms with van der Waals surface area (Å²) in [7, 11) is 0. The molecule has 2 aromatic carbocycles. The Morgan fingerprint density at radius 2 is 1.83 bits per heavy atom. The van der Waals surface area contributed by atoms with E-state index in [2.05, 4.69) is 0 Å². The molecule has 0 saturated carbocycles. The number of anilines is 1. The molecule has 0 radical (unpaired) electrons. The molecule has 1 aliphatic heterocycles. The van der Waals surface area contributed by atoms with E-state index in [-0.39, 0.29) is 21.4 Å². The third kappa shape index (κ3) is 2.90. The van der Waals surface area contributed by atoms with Crippen molar-refractivity contribution in [2.45, 2.75) is 6.92 Å². The van der Waals surface area contributed by atoms with Crippen molar-refractivity contribution in [3.05, 3.63) is 63.8 Å². The fourth-order valence-corrected chi connectivity index (χ4v) is 3.37. The first-order valence-corrected chi connectivity index (χ1v) is 8.09. The number of amides is 2. The highest BCUT2D eigenvalue weighted by atomic mass is 35.5. The van der Waals surface area contributed by atoms with Crippen molar-refractivity contribution < 1.29 is 19.1 Å². The summed E-state index contributed by atoms with van der Waals surface area (Å²) in [4.78, 5) is 26.1. The van der Waals surface area contributed by atoms with Gasteiger partial charge in [0.1, 0.15) is 11.6 Å². The number of hydrogen-bond acceptors (Lipinski definition) is 4. The van der Waals surface area contributed by atoms with Crippen LogP contribution in [0.5, 0.6) is 5.75 Å². The third-order valence-electron chi connectivity index (χ3n) is 3.57. The van der Waals surface area contributed by atoms with Gasteiger partial charge in [0.2, 0.25) is 0 Å². The maximum absolute atomic E-state index is 13.3. The minimum absolute atomic E-state index is 0.112. The van der Waals surface area contributed by atoms with E-state index in [4.69, 9.17) is 11.6 Å². The summed E-state index contributed by atoms with van der Waals surface area (Å²) < 4.78 is 13.3. The van der Waals surface area contributed by atoms with Crippen LogP contribution in [-0.4, -0.2) is 16.3 Å². The van der Waals surface area contributed by atoms with E-state index >= 15 is 0 Å². The second kappa shape index (κ2) is 6.30. The minimum atomic E-state index is -0.622. The van der Waals surface area contributed by atoms with Gasteiger partial charge >= 0.3 is 0 Å². The first-order chi connectivity index (χ1) is 11.4. The average molecular weight is 364 g/mol. The van der Waals surface area contributed by atoms with Gasteiger partial charge in [-0.15, -0.1) is 0 Å². The summed E-state index contributed by atoms with van der Waals surface area (Å²) in [5.74, 6) is -0.998. The van der Waals surface area contributed by atoms with Crippen LogP contribution in [-0.2, 0) is 4.79 Å². The van der Waals surface area contributed by atoms with Gasteiger partial charge in [0, 0.05) is 0 Å². The van der Waals surface area contributed by atoms with Crippen molar-refractivity contribution in [1.82, 2.24) is 0 Å². The molecule has 1 fully saturated rings. The van der Waals surface area contributed by atoms with Crippen LogP contribution in [0.15, 0.2) is 47.4 Å². The number of allylic oxidation sites excluding steroid dienone is 1. The van der Waals surface area contributed by atoms with Crippen LogP contribution in [0, 0.1) is 5.82 Å². The number of halogens is 2. The van der Waals surface area contributed by atoms with Gasteiger partial charge in [0.15, 0.2) is 0 Å². The first kappa shape index (κ1) is 16.5. The largest absolute Gasteiger partial charge is 0.508 e.